The summed E-state index contributed by atoms with van der Waals surface area (Å²) in [6.07, 6.45) is -3.45. The van der Waals surface area contributed by atoms with Gasteiger partial charge in [-0.15, -0.1) is 0 Å². The maximum Gasteiger partial charge on any atom is 0.303 e. The molecule has 1 fully saturated rings. The molecular formula is C23H23NO11. The van der Waals surface area contributed by atoms with Crippen LogP contribution in [0.5, 0.6) is 17.2 Å². The highest BCUT2D eigenvalue weighted by Gasteiger charge is 2.51. The largest absolute Gasteiger partial charge is 0.507 e. The van der Waals surface area contributed by atoms with Gasteiger partial charge < -0.3 is 33.5 Å². The molecule has 0 radical (unpaired) electrons. The lowest BCUT2D eigenvalue weighted by Crippen LogP contribution is -2.41. The molecule has 35 heavy (non-hydrogen) atoms. The fourth-order valence-corrected chi connectivity index (χ4v) is 3.98. The van der Waals surface area contributed by atoms with Gasteiger partial charge in [0.05, 0.1) is 5.56 Å². The third-order valence-corrected chi connectivity index (χ3v) is 5.37. The Kier molecular flexibility index (Phi) is 6.65. The molecule has 2 aliphatic rings. The lowest BCUT2D eigenvalue weighted by atomic mass is 10.1. The second-order valence-corrected chi connectivity index (χ2v) is 7.87. The maximum atomic E-state index is 13.5. The molecule has 3 heterocycles. The van der Waals surface area contributed by atoms with Crippen LogP contribution in [0.15, 0.2) is 35.3 Å². The number of aromatic hydroxyl groups is 1. The van der Waals surface area contributed by atoms with Crippen LogP contribution in [0.3, 0.4) is 0 Å². The normalized spacial score (nSPS) is 22.5. The monoisotopic (exact) mass is 489 g/mol. The summed E-state index contributed by atoms with van der Waals surface area (Å²) >= 11 is 0. The van der Waals surface area contributed by atoms with Crippen LogP contribution in [0.2, 0.25) is 0 Å². The van der Waals surface area contributed by atoms with E-state index < -0.39 is 48.0 Å². The summed E-state index contributed by atoms with van der Waals surface area (Å²) in [6, 6.07) is 6.01. The highest BCUT2D eigenvalue weighted by atomic mass is 16.7. The van der Waals surface area contributed by atoms with Gasteiger partial charge in [-0.05, 0) is 23.8 Å². The van der Waals surface area contributed by atoms with E-state index in [9.17, 15) is 24.3 Å². The number of benzene rings is 1. The van der Waals surface area contributed by atoms with Crippen molar-refractivity contribution in [1.29, 1.82) is 0 Å². The first-order valence-corrected chi connectivity index (χ1v) is 10.6. The van der Waals surface area contributed by atoms with Crippen molar-refractivity contribution in [2.45, 2.75) is 45.3 Å². The summed E-state index contributed by atoms with van der Waals surface area (Å²) in [5.41, 5.74) is -0.398. The van der Waals surface area contributed by atoms with Gasteiger partial charge in [-0.3, -0.25) is 23.7 Å². The Morgan fingerprint density at radius 3 is 2.37 bits per heavy atom. The predicted molar refractivity (Wildman–Crippen MR) is 116 cm³/mol. The molecule has 4 rings (SSSR count). The maximum absolute atomic E-state index is 13.5. The first-order valence-electron chi connectivity index (χ1n) is 10.6. The zero-order chi connectivity index (χ0) is 25.3. The molecule has 0 aliphatic carbocycles. The van der Waals surface area contributed by atoms with Crippen LogP contribution in [0.25, 0.3) is 11.1 Å². The number of carbonyl (C=O) groups excluding carboxylic acids is 3. The van der Waals surface area contributed by atoms with E-state index in [2.05, 4.69) is 0 Å². The van der Waals surface area contributed by atoms with Crippen LogP contribution in [0.1, 0.15) is 27.0 Å². The number of aromatic nitrogens is 1. The van der Waals surface area contributed by atoms with Gasteiger partial charge in [-0.1, -0.05) is 6.07 Å². The molecule has 2 aliphatic heterocycles. The van der Waals surface area contributed by atoms with E-state index in [4.69, 9.17) is 28.4 Å². The summed E-state index contributed by atoms with van der Waals surface area (Å²) < 4.78 is 33.4. The standard InChI is InChI=1S/C23H23NO11/c1-11(25)30-9-18-20(33-12(2)26)21(34-13(3)27)23(35-18)24-7-6-15(28)19(22(24)29)14-4-5-16-17(8-14)32-10-31-16/h4-8,18,20-21,23,28H,9-10H2,1-3H3/t18-,20-,21-,23-/m1/s1. The summed E-state index contributed by atoms with van der Waals surface area (Å²) in [4.78, 5) is 48.5. The average Bonchev–Trinajstić information content (AvgIpc) is 3.37. The fourth-order valence-electron chi connectivity index (χ4n) is 3.98. The van der Waals surface area contributed by atoms with Gasteiger partial charge in [0.25, 0.3) is 5.56 Å². The van der Waals surface area contributed by atoms with Crippen molar-refractivity contribution in [3.63, 3.8) is 0 Å². The molecule has 1 aromatic heterocycles. The predicted octanol–water partition coefficient (Wildman–Crippen LogP) is 1.27. The Labute approximate surface area is 198 Å². The van der Waals surface area contributed by atoms with Crippen molar-refractivity contribution in [2.75, 3.05) is 13.4 Å². The molecule has 12 nitrogen and oxygen atoms in total. The molecule has 12 heteroatoms. The molecule has 1 aromatic carbocycles. The van der Waals surface area contributed by atoms with Crippen LogP contribution in [0, 0.1) is 0 Å². The number of nitrogens with zero attached hydrogens (tertiary/aromatic N) is 1. The molecule has 0 saturated carbocycles. The van der Waals surface area contributed by atoms with E-state index in [0.717, 1.165) is 18.4 Å². The SMILES string of the molecule is CC(=O)OC[C@H]1O[C@@H](n2ccc(O)c(-c3ccc4c(c3)OCO4)c2=O)[C@H](OC(C)=O)[C@@H]1OC(C)=O. The van der Waals surface area contributed by atoms with E-state index in [1.165, 1.54) is 19.2 Å². The first kappa shape index (κ1) is 24.1. The summed E-state index contributed by atoms with van der Waals surface area (Å²) in [5, 5.41) is 10.5. The number of ether oxygens (including phenoxy) is 6. The van der Waals surface area contributed by atoms with Gasteiger partial charge in [0, 0.05) is 27.0 Å². The van der Waals surface area contributed by atoms with Crippen molar-refractivity contribution < 1.29 is 47.9 Å². The second-order valence-electron chi connectivity index (χ2n) is 7.87. The lowest BCUT2D eigenvalue weighted by Gasteiger charge is -2.24. The Bertz CT molecular complexity index is 1220. The topological polar surface area (TPSA) is 149 Å². The molecule has 0 unspecified atom stereocenters. The molecule has 1 saturated heterocycles. The van der Waals surface area contributed by atoms with Crippen LogP contribution in [-0.2, 0) is 33.3 Å². The minimum atomic E-state index is -1.26. The number of pyridine rings is 1. The fraction of sp³-hybridized carbons (Fsp3) is 0.391. The van der Waals surface area contributed by atoms with Gasteiger partial charge in [-0.25, -0.2) is 0 Å². The number of esters is 3. The molecule has 186 valence electrons. The number of rotatable bonds is 6. The first-order chi connectivity index (χ1) is 16.7. The molecule has 4 atom stereocenters. The molecule has 0 amide bonds. The summed E-state index contributed by atoms with van der Waals surface area (Å²) in [5.74, 6) is -1.41. The smallest absolute Gasteiger partial charge is 0.303 e. The van der Waals surface area contributed by atoms with E-state index in [1.54, 1.807) is 18.2 Å². The Morgan fingerprint density at radius 2 is 1.69 bits per heavy atom. The Balaban J connectivity index is 1.77. The Morgan fingerprint density at radius 1 is 1.00 bits per heavy atom. The zero-order valence-electron chi connectivity index (χ0n) is 19.1. The highest BCUT2D eigenvalue weighted by Crippen LogP contribution is 2.38. The Hall–Kier alpha value is -4.06. The van der Waals surface area contributed by atoms with Gasteiger partial charge in [0.1, 0.15) is 18.5 Å². The molecule has 0 spiro atoms. The van der Waals surface area contributed by atoms with Gasteiger partial charge in [-0.2, -0.15) is 0 Å². The minimum absolute atomic E-state index is 0.0328. The summed E-state index contributed by atoms with van der Waals surface area (Å²) in [7, 11) is 0. The lowest BCUT2D eigenvalue weighted by molar-refractivity contribution is -0.166. The van der Waals surface area contributed by atoms with Gasteiger partial charge in [0.15, 0.2) is 29.9 Å². The quantitative estimate of drug-likeness (QED) is 0.462. The van der Waals surface area contributed by atoms with E-state index in [0.29, 0.717) is 17.1 Å². The van der Waals surface area contributed by atoms with Crippen LogP contribution < -0.4 is 15.0 Å². The van der Waals surface area contributed by atoms with E-state index in [-0.39, 0.29) is 24.7 Å². The number of carbonyl (C=O) groups is 3. The van der Waals surface area contributed by atoms with Gasteiger partial charge >= 0.3 is 17.9 Å². The molecular weight excluding hydrogens is 466 g/mol. The third-order valence-electron chi connectivity index (χ3n) is 5.37. The van der Waals surface area contributed by atoms with Crippen molar-refractivity contribution in [2.24, 2.45) is 0 Å². The van der Waals surface area contributed by atoms with Crippen LogP contribution in [0.4, 0.5) is 0 Å². The van der Waals surface area contributed by atoms with E-state index >= 15 is 0 Å². The number of hydrogen-bond donors (Lipinski definition) is 1. The molecule has 2 aromatic rings. The van der Waals surface area contributed by atoms with Crippen LogP contribution >= 0.6 is 0 Å². The van der Waals surface area contributed by atoms with Crippen molar-refractivity contribution in [3.8, 4) is 28.4 Å². The van der Waals surface area contributed by atoms with Crippen molar-refractivity contribution in [1.82, 2.24) is 4.57 Å². The second kappa shape index (κ2) is 9.66. The number of fused-ring (bicyclic) bond motifs is 1. The molecule has 1 N–H and O–H groups in total. The van der Waals surface area contributed by atoms with Crippen molar-refractivity contribution >= 4 is 17.9 Å². The zero-order valence-corrected chi connectivity index (χ0v) is 19.1. The average molecular weight is 489 g/mol. The highest BCUT2D eigenvalue weighted by molar-refractivity contribution is 5.72. The third kappa shape index (κ3) is 4.92. The van der Waals surface area contributed by atoms with Crippen LogP contribution in [-0.4, -0.2) is 59.3 Å². The molecule has 0 bridgehead atoms. The number of hydrogen-bond acceptors (Lipinski definition) is 11. The summed E-state index contributed by atoms with van der Waals surface area (Å²) in [6.45, 7) is 3.22. The van der Waals surface area contributed by atoms with E-state index in [1.807, 2.05) is 0 Å². The van der Waals surface area contributed by atoms with Crippen molar-refractivity contribution in [3.05, 3.63) is 40.8 Å². The minimum Gasteiger partial charge on any atom is -0.507 e. The van der Waals surface area contributed by atoms with Gasteiger partial charge in [0.2, 0.25) is 6.79 Å².